The summed E-state index contributed by atoms with van der Waals surface area (Å²) in [5.41, 5.74) is 0. The number of rotatable bonds is 7. The van der Waals surface area contributed by atoms with Crippen LogP contribution in [0.4, 0.5) is 0 Å². The van der Waals surface area contributed by atoms with E-state index in [4.69, 9.17) is 4.74 Å². The Morgan fingerprint density at radius 1 is 1.29 bits per heavy atom. The van der Waals surface area contributed by atoms with Crippen LogP contribution in [-0.4, -0.2) is 41.7 Å². The van der Waals surface area contributed by atoms with Gasteiger partial charge in [-0.3, -0.25) is 0 Å². The molecule has 0 radical (unpaired) electrons. The summed E-state index contributed by atoms with van der Waals surface area (Å²) in [6.45, 7) is 4.01. The number of aromatic amines is 1. The zero-order chi connectivity index (χ0) is 15.3. The van der Waals surface area contributed by atoms with E-state index >= 15 is 0 Å². The number of hydrogen-bond acceptors (Lipinski definition) is 6. The van der Waals surface area contributed by atoms with Crippen LogP contribution in [0.15, 0.2) is 29.2 Å². The van der Waals surface area contributed by atoms with Crippen LogP contribution >= 0.6 is 0 Å². The molecule has 21 heavy (non-hydrogen) atoms. The van der Waals surface area contributed by atoms with Crippen molar-refractivity contribution in [2.45, 2.75) is 31.3 Å². The maximum Gasteiger partial charge on any atom is 0.240 e. The Kier molecular flexibility index (Phi) is 4.86. The molecule has 0 unspecified atom stereocenters. The highest BCUT2D eigenvalue weighted by molar-refractivity contribution is 7.89. The number of nitrogens with zero attached hydrogens (tertiary/aromatic N) is 3. The van der Waals surface area contributed by atoms with Crippen LogP contribution in [0.5, 0.6) is 5.75 Å². The molecule has 0 saturated heterocycles. The van der Waals surface area contributed by atoms with Gasteiger partial charge in [-0.15, -0.1) is 10.2 Å². The zero-order valence-electron chi connectivity index (χ0n) is 11.8. The van der Waals surface area contributed by atoms with Crippen molar-refractivity contribution >= 4 is 10.0 Å². The van der Waals surface area contributed by atoms with Gasteiger partial charge < -0.3 is 4.74 Å². The number of sulfonamides is 1. The van der Waals surface area contributed by atoms with Gasteiger partial charge in [-0.2, -0.15) is 5.21 Å². The normalized spacial score (nSPS) is 11.8. The zero-order valence-corrected chi connectivity index (χ0v) is 12.6. The first-order valence-corrected chi connectivity index (χ1v) is 7.94. The predicted octanol–water partition coefficient (Wildman–Crippen LogP) is 0.508. The second-order valence-corrected chi connectivity index (χ2v) is 6.38. The minimum atomic E-state index is -3.55. The molecule has 0 saturated carbocycles. The molecular weight excluding hydrogens is 294 g/mol. The number of benzene rings is 1. The van der Waals surface area contributed by atoms with E-state index in [2.05, 4.69) is 25.3 Å². The number of aromatic nitrogens is 4. The van der Waals surface area contributed by atoms with Crippen LogP contribution in [0.1, 0.15) is 19.7 Å². The summed E-state index contributed by atoms with van der Waals surface area (Å²) < 4.78 is 32.1. The lowest BCUT2D eigenvalue weighted by Gasteiger charge is -2.10. The fourth-order valence-corrected chi connectivity index (χ4v) is 2.67. The first-order valence-electron chi connectivity index (χ1n) is 6.46. The van der Waals surface area contributed by atoms with Gasteiger partial charge in [0.2, 0.25) is 10.0 Å². The molecule has 1 heterocycles. The SMILES string of the molecule is CC(C)Oc1ccc(S(=O)(=O)NCCc2nn[nH]n2)cc1. The predicted molar refractivity (Wildman–Crippen MR) is 75.3 cm³/mol. The van der Waals surface area contributed by atoms with Gasteiger partial charge in [0, 0.05) is 13.0 Å². The van der Waals surface area contributed by atoms with Crippen molar-refractivity contribution in [1.82, 2.24) is 25.3 Å². The van der Waals surface area contributed by atoms with Gasteiger partial charge in [-0.05, 0) is 38.1 Å². The molecule has 2 rings (SSSR count). The third-order valence-corrected chi connectivity index (χ3v) is 4.01. The average molecular weight is 311 g/mol. The summed E-state index contributed by atoms with van der Waals surface area (Å²) in [7, 11) is -3.55. The molecule has 8 nitrogen and oxygen atoms in total. The van der Waals surface area contributed by atoms with E-state index in [1.807, 2.05) is 13.8 Å². The fourth-order valence-electron chi connectivity index (χ4n) is 1.64. The van der Waals surface area contributed by atoms with E-state index in [1.165, 1.54) is 12.1 Å². The van der Waals surface area contributed by atoms with E-state index < -0.39 is 10.0 Å². The number of tetrazole rings is 1. The molecule has 0 spiro atoms. The average Bonchev–Trinajstić information content (AvgIpc) is 2.91. The lowest BCUT2D eigenvalue weighted by atomic mass is 10.3. The molecule has 0 aliphatic carbocycles. The second kappa shape index (κ2) is 6.64. The molecule has 2 N–H and O–H groups in total. The van der Waals surface area contributed by atoms with Crippen LogP contribution in [0.25, 0.3) is 0 Å². The maximum absolute atomic E-state index is 12.1. The van der Waals surface area contributed by atoms with Crippen LogP contribution in [0.3, 0.4) is 0 Å². The van der Waals surface area contributed by atoms with Gasteiger partial charge in [-0.25, -0.2) is 13.1 Å². The summed E-state index contributed by atoms with van der Waals surface area (Å²) in [5.74, 6) is 1.09. The molecule has 0 bridgehead atoms. The van der Waals surface area contributed by atoms with Crippen molar-refractivity contribution in [2.75, 3.05) is 6.54 Å². The molecule has 0 aliphatic rings. The van der Waals surface area contributed by atoms with Crippen LogP contribution in [0, 0.1) is 0 Å². The Morgan fingerprint density at radius 2 is 2.00 bits per heavy atom. The smallest absolute Gasteiger partial charge is 0.240 e. The monoisotopic (exact) mass is 311 g/mol. The summed E-state index contributed by atoms with van der Waals surface area (Å²) in [6, 6.07) is 6.28. The van der Waals surface area contributed by atoms with Crippen molar-refractivity contribution in [3.63, 3.8) is 0 Å². The Labute approximate surface area is 123 Å². The standard InChI is InChI=1S/C12H17N5O3S/c1-9(2)20-10-3-5-11(6-4-10)21(18,19)13-8-7-12-14-16-17-15-12/h3-6,9,13H,7-8H2,1-2H3,(H,14,15,16,17). The van der Waals surface area contributed by atoms with E-state index in [1.54, 1.807) is 12.1 Å². The number of nitrogens with one attached hydrogen (secondary N) is 2. The summed E-state index contributed by atoms with van der Waals surface area (Å²) in [4.78, 5) is 0.187. The molecular formula is C12H17N5O3S. The molecule has 0 aliphatic heterocycles. The third kappa shape index (κ3) is 4.50. The van der Waals surface area contributed by atoms with Crippen molar-refractivity contribution in [3.8, 4) is 5.75 Å². The topological polar surface area (TPSA) is 110 Å². The van der Waals surface area contributed by atoms with E-state index in [0.29, 0.717) is 18.0 Å². The lowest BCUT2D eigenvalue weighted by molar-refractivity contribution is 0.242. The van der Waals surface area contributed by atoms with Crippen molar-refractivity contribution in [3.05, 3.63) is 30.1 Å². The maximum atomic E-state index is 12.1. The fraction of sp³-hybridized carbons (Fsp3) is 0.417. The molecule has 1 aromatic heterocycles. The van der Waals surface area contributed by atoms with Crippen molar-refractivity contribution in [1.29, 1.82) is 0 Å². The minimum absolute atomic E-state index is 0.0422. The number of hydrogen-bond donors (Lipinski definition) is 2. The second-order valence-electron chi connectivity index (χ2n) is 4.61. The van der Waals surface area contributed by atoms with Crippen LogP contribution < -0.4 is 9.46 Å². The molecule has 0 fully saturated rings. The molecule has 0 amide bonds. The highest BCUT2D eigenvalue weighted by atomic mass is 32.2. The third-order valence-electron chi connectivity index (χ3n) is 2.54. The van der Waals surface area contributed by atoms with E-state index in [0.717, 1.165) is 0 Å². The molecule has 0 atom stereocenters. The van der Waals surface area contributed by atoms with Crippen molar-refractivity contribution < 1.29 is 13.2 Å². The molecule has 1 aromatic carbocycles. The lowest BCUT2D eigenvalue weighted by Crippen LogP contribution is -2.26. The first kappa shape index (κ1) is 15.4. The van der Waals surface area contributed by atoms with Gasteiger partial charge in [0.25, 0.3) is 0 Å². The van der Waals surface area contributed by atoms with Crippen LogP contribution in [-0.2, 0) is 16.4 Å². The largest absolute Gasteiger partial charge is 0.491 e. The number of ether oxygens (including phenoxy) is 1. The van der Waals surface area contributed by atoms with Gasteiger partial charge in [0.05, 0.1) is 11.0 Å². The van der Waals surface area contributed by atoms with Gasteiger partial charge >= 0.3 is 0 Å². The summed E-state index contributed by atoms with van der Waals surface area (Å²) >= 11 is 0. The highest BCUT2D eigenvalue weighted by Gasteiger charge is 2.14. The summed E-state index contributed by atoms with van der Waals surface area (Å²) in [5, 5.41) is 13.2. The van der Waals surface area contributed by atoms with E-state index in [9.17, 15) is 8.42 Å². The Morgan fingerprint density at radius 3 is 2.57 bits per heavy atom. The quantitative estimate of drug-likeness (QED) is 0.771. The van der Waals surface area contributed by atoms with Crippen LogP contribution in [0.2, 0.25) is 0 Å². The highest BCUT2D eigenvalue weighted by Crippen LogP contribution is 2.16. The van der Waals surface area contributed by atoms with Gasteiger partial charge in [0.1, 0.15) is 5.75 Å². The number of H-pyrrole nitrogens is 1. The minimum Gasteiger partial charge on any atom is -0.491 e. The Bertz CT molecular complexity index is 653. The summed E-state index contributed by atoms with van der Waals surface area (Å²) in [6.07, 6.45) is 0.408. The van der Waals surface area contributed by atoms with Crippen molar-refractivity contribution in [2.24, 2.45) is 0 Å². The molecule has 2 aromatic rings. The molecule has 114 valence electrons. The van der Waals surface area contributed by atoms with Gasteiger partial charge in [-0.1, -0.05) is 5.21 Å². The molecule has 9 heteroatoms. The Hall–Kier alpha value is -2.00. The van der Waals surface area contributed by atoms with E-state index in [-0.39, 0.29) is 17.5 Å². The van der Waals surface area contributed by atoms with Gasteiger partial charge in [0.15, 0.2) is 5.82 Å². The first-order chi connectivity index (χ1) is 9.97. The Balaban J connectivity index is 1.95.